The average Bonchev–Trinajstić information content (AvgIpc) is 2.54. The summed E-state index contributed by atoms with van der Waals surface area (Å²) >= 11 is 0. The first kappa shape index (κ1) is 17.0. The third-order valence-electron chi connectivity index (χ3n) is 3.50. The highest BCUT2D eigenvalue weighted by atomic mass is 19.2. The first-order valence-electron chi connectivity index (χ1n) is 7.07. The number of hydrogen-bond acceptors (Lipinski definition) is 0. The summed E-state index contributed by atoms with van der Waals surface area (Å²) < 4.78 is 52.4. The molecule has 0 aliphatic heterocycles. The Balaban J connectivity index is 2.36. The van der Waals surface area contributed by atoms with Gasteiger partial charge in [-0.2, -0.15) is 0 Å². The van der Waals surface area contributed by atoms with Crippen molar-refractivity contribution >= 4 is 5.57 Å². The summed E-state index contributed by atoms with van der Waals surface area (Å²) in [7, 11) is 0. The lowest BCUT2D eigenvalue weighted by molar-refractivity contribution is 0.434. The van der Waals surface area contributed by atoms with Crippen molar-refractivity contribution in [3.63, 3.8) is 0 Å². The summed E-state index contributed by atoms with van der Waals surface area (Å²) in [4.78, 5) is 0. The van der Waals surface area contributed by atoms with Crippen LogP contribution in [0.5, 0.6) is 0 Å². The maximum atomic E-state index is 14.3. The van der Waals surface area contributed by atoms with Gasteiger partial charge in [0.2, 0.25) is 0 Å². The van der Waals surface area contributed by atoms with E-state index in [4.69, 9.17) is 0 Å². The van der Waals surface area contributed by atoms with E-state index in [2.05, 4.69) is 0 Å². The molecule has 0 atom stereocenters. The van der Waals surface area contributed by atoms with E-state index in [1.54, 1.807) is 6.07 Å². The average molecular weight is 320 g/mol. The number of halogens is 4. The van der Waals surface area contributed by atoms with Gasteiger partial charge in [-0.15, -0.1) is 0 Å². The van der Waals surface area contributed by atoms with Crippen LogP contribution in [-0.4, -0.2) is 6.67 Å². The van der Waals surface area contributed by atoms with Crippen molar-refractivity contribution in [2.75, 3.05) is 6.67 Å². The smallest absolute Gasteiger partial charge is 0.166 e. The molecule has 0 fully saturated rings. The Hall–Kier alpha value is -2.36. The van der Waals surface area contributed by atoms with E-state index in [1.165, 1.54) is 19.1 Å². The minimum absolute atomic E-state index is 0.141. The molecule has 0 unspecified atom stereocenters. The van der Waals surface area contributed by atoms with Gasteiger partial charge >= 0.3 is 0 Å². The van der Waals surface area contributed by atoms with E-state index in [0.717, 1.165) is 17.2 Å². The Morgan fingerprint density at radius 3 is 2.17 bits per heavy atom. The SMILES string of the molecule is C/C(=C\C(F)=C(\F)CF)c1ccc(-c2ccc(C)cc2)cc1F. The van der Waals surface area contributed by atoms with E-state index in [9.17, 15) is 17.6 Å². The van der Waals surface area contributed by atoms with E-state index < -0.39 is 24.1 Å². The molecule has 0 aromatic heterocycles. The van der Waals surface area contributed by atoms with Gasteiger partial charge in [-0.1, -0.05) is 42.0 Å². The maximum absolute atomic E-state index is 14.3. The number of alkyl halides is 1. The molecule has 0 aliphatic rings. The van der Waals surface area contributed by atoms with E-state index in [1.807, 2.05) is 31.2 Å². The molecular formula is C19H16F4. The van der Waals surface area contributed by atoms with Crippen LogP contribution in [0.1, 0.15) is 18.1 Å². The molecule has 0 saturated carbocycles. The quantitative estimate of drug-likeness (QED) is 0.456. The molecular weight excluding hydrogens is 304 g/mol. The standard InChI is InChI=1S/C19H16F4/c1-12-3-5-14(6-4-12)15-7-8-16(17(21)10-15)13(2)9-18(22)19(23)11-20/h3-10H,11H2,1-2H3/b13-9+,19-18-. The zero-order chi connectivity index (χ0) is 17.0. The highest BCUT2D eigenvalue weighted by molar-refractivity contribution is 5.71. The van der Waals surface area contributed by atoms with Gasteiger partial charge in [0.15, 0.2) is 11.7 Å². The topological polar surface area (TPSA) is 0 Å². The maximum Gasteiger partial charge on any atom is 0.166 e. The van der Waals surface area contributed by atoms with Crippen LogP contribution in [0.3, 0.4) is 0 Å². The van der Waals surface area contributed by atoms with Gasteiger partial charge in [0.25, 0.3) is 0 Å². The summed E-state index contributed by atoms with van der Waals surface area (Å²) in [6.07, 6.45) is 0.791. The van der Waals surface area contributed by atoms with Crippen molar-refractivity contribution < 1.29 is 17.6 Å². The van der Waals surface area contributed by atoms with Crippen LogP contribution < -0.4 is 0 Å². The van der Waals surface area contributed by atoms with E-state index in [-0.39, 0.29) is 11.1 Å². The van der Waals surface area contributed by atoms with Gasteiger partial charge in [0.1, 0.15) is 12.5 Å². The third kappa shape index (κ3) is 4.09. The van der Waals surface area contributed by atoms with Gasteiger partial charge in [0, 0.05) is 5.56 Å². The summed E-state index contributed by atoms with van der Waals surface area (Å²) in [5.74, 6) is -3.38. The highest BCUT2D eigenvalue weighted by Crippen LogP contribution is 2.27. The van der Waals surface area contributed by atoms with Crippen LogP contribution in [0.15, 0.2) is 60.2 Å². The minimum Gasteiger partial charge on any atom is -0.243 e. The predicted octanol–water partition coefficient (Wildman–Crippen LogP) is 6.32. The molecule has 0 heterocycles. The van der Waals surface area contributed by atoms with Crippen LogP contribution in [-0.2, 0) is 0 Å². The van der Waals surface area contributed by atoms with Gasteiger partial charge in [0.05, 0.1) is 0 Å². The Morgan fingerprint density at radius 1 is 1.00 bits per heavy atom. The molecule has 0 saturated heterocycles. The van der Waals surface area contributed by atoms with Gasteiger partial charge in [-0.25, -0.2) is 17.6 Å². The highest BCUT2D eigenvalue weighted by Gasteiger charge is 2.09. The Kier molecular flexibility index (Phi) is 5.37. The molecule has 0 radical (unpaired) electrons. The lowest BCUT2D eigenvalue weighted by Gasteiger charge is -2.07. The first-order chi connectivity index (χ1) is 10.9. The second-order valence-corrected chi connectivity index (χ2v) is 5.27. The Labute approximate surface area is 132 Å². The minimum atomic E-state index is -1.52. The molecule has 0 N–H and O–H groups in total. The fraction of sp³-hybridized carbons (Fsp3) is 0.158. The summed E-state index contributed by atoms with van der Waals surface area (Å²) in [6.45, 7) is 1.87. The fourth-order valence-electron chi connectivity index (χ4n) is 2.17. The van der Waals surface area contributed by atoms with Crippen molar-refractivity contribution in [3.8, 4) is 11.1 Å². The second kappa shape index (κ2) is 7.27. The summed E-state index contributed by atoms with van der Waals surface area (Å²) in [5, 5.41) is 0. The van der Waals surface area contributed by atoms with Crippen molar-refractivity contribution in [2.24, 2.45) is 0 Å². The molecule has 4 heteroatoms. The zero-order valence-corrected chi connectivity index (χ0v) is 12.8. The van der Waals surface area contributed by atoms with Crippen LogP contribution in [0.2, 0.25) is 0 Å². The molecule has 0 aliphatic carbocycles. The molecule has 0 amide bonds. The van der Waals surface area contributed by atoms with Crippen molar-refractivity contribution in [2.45, 2.75) is 13.8 Å². The van der Waals surface area contributed by atoms with E-state index >= 15 is 0 Å². The van der Waals surface area contributed by atoms with Crippen LogP contribution >= 0.6 is 0 Å². The lowest BCUT2D eigenvalue weighted by Crippen LogP contribution is -1.90. The summed E-state index contributed by atoms with van der Waals surface area (Å²) in [5.41, 5.74) is 2.96. The van der Waals surface area contributed by atoms with Crippen molar-refractivity contribution in [3.05, 3.63) is 77.1 Å². The Morgan fingerprint density at radius 2 is 1.61 bits per heavy atom. The van der Waals surface area contributed by atoms with Crippen LogP contribution in [0.25, 0.3) is 16.7 Å². The zero-order valence-electron chi connectivity index (χ0n) is 12.8. The molecule has 2 rings (SSSR count). The fourth-order valence-corrected chi connectivity index (χ4v) is 2.17. The van der Waals surface area contributed by atoms with Crippen molar-refractivity contribution in [1.82, 2.24) is 0 Å². The molecule has 120 valence electrons. The number of benzene rings is 2. The molecule has 23 heavy (non-hydrogen) atoms. The van der Waals surface area contributed by atoms with Gasteiger partial charge < -0.3 is 0 Å². The molecule has 2 aromatic rings. The monoisotopic (exact) mass is 320 g/mol. The normalized spacial score (nSPS) is 13.0. The number of allylic oxidation sites excluding steroid dienone is 4. The van der Waals surface area contributed by atoms with Crippen LogP contribution in [0, 0.1) is 12.7 Å². The first-order valence-corrected chi connectivity index (χ1v) is 7.07. The molecule has 0 nitrogen and oxygen atoms in total. The molecule has 0 spiro atoms. The van der Waals surface area contributed by atoms with Gasteiger partial charge in [-0.3, -0.25) is 0 Å². The molecule has 2 aromatic carbocycles. The number of aryl methyl sites for hydroxylation is 1. The van der Waals surface area contributed by atoms with Crippen LogP contribution in [0.4, 0.5) is 17.6 Å². The summed E-state index contributed by atoms with van der Waals surface area (Å²) in [6, 6.07) is 12.1. The lowest BCUT2D eigenvalue weighted by atomic mass is 9.99. The molecule has 0 bridgehead atoms. The van der Waals surface area contributed by atoms with Crippen molar-refractivity contribution in [1.29, 1.82) is 0 Å². The predicted molar refractivity (Wildman–Crippen MR) is 85.4 cm³/mol. The number of rotatable bonds is 4. The largest absolute Gasteiger partial charge is 0.243 e. The second-order valence-electron chi connectivity index (χ2n) is 5.27. The van der Waals surface area contributed by atoms with Gasteiger partial charge in [-0.05, 0) is 42.7 Å². The van der Waals surface area contributed by atoms with E-state index in [0.29, 0.717) is 5.56 Å². The third-order valence-corrected chi connectivity index (χ3v) is 3.50. The Bertz CT molecular complexity index is 755. The number of hydrogen-bond donors (Lipinski definition) is 0.